The minimum absolute atomic E-state index is 0.195. The summed E-state index contributed by atoms with van der Waals surface area (Å²) < 4.78 is 15.6. The van der Waals surface area contributed by atoms with E-state index in [1.807, 2.05) is 24.3 Å². The van der Waals surface area contributed by atoms with Crippen molar-refractivity contribution in [2.24, 2.45) is 0 Å². The topological polar surface area (TPSA) is 68.8 Å². The monoisotopic (exact) mass is 372 g/mol. The van der Waals surface area contributed by atoms with Crippen LogP contribution in [0, 0.1) is 0 Å². The fourth-order valence-electron chi connectivity index (χ4n) is 2.15. The molecule has 0 saturated carbocycles. The first-order chi connectivity index (χ1) is 12.5. The lowest BCUT2D eigenvalue weighted by Gasteiger charge is -2.09. The Kier molecular flexibility index (Phi) is 6.99. The number of amides is 1. The maximum Gasteiger partial charge on any atom is 0.250 e. The van der Waals surface area contributed by atoms with Gasteiger partial charge in [-0.2, -0.15) is 0 Å². The highest BCUT2D eigenvalue weighted by atomic mass is 32.1. The molecule has 7 heteroatoms. The van der Waals surface area contributed by atoms with Gasteiger partial charge in [0.15, 0.2) is 16.6 Å². The number of carbonyl (C=O) groups is 1. The standard InChI is InChI=1S/C19H20N2O4S/c1-23-15-6-4-5-14(12-15)20-19(26)21-18(22)10-8-13-7-9-16(24-2)17(11-13)25-3/h4-12H,1-3H3,(H2,20,21,22,26). The minimum atomic E-state index is -0.347. The van der Waals surface area contributed by atoms with Gasteiger partial charge in [-0.25, -0.2) is 0 Å². The van der Waals surface area contributed by atoms with Gasteiger partial charge in [-0.3, -0.25) is 10.1 Å². The summed E-state index contributed by atoms with van der Waals surface area (Å²) in [6.45, 7) is 0. The SMILES string of the molecule is COc1cccc(NC(=S)NC(=O)C=Cc2ccc(OC)c(OC)c2)c1. The number of benzene rings is 2. The molecule has 0 saturated heterocycles. The molecule has 0 aromatic heterocycles. The molecule has 0 aliphatic heterocycles. The van der Waals surface area contributed by atoms with Crippen LogP contribution in [0.15, 0.2) is 48.5 Å². The van der Waals surface area contributed by atoms with Crippen LogP contribution in [0.5, 0.6) is 17.2 Å². The fraction of sp³-hybridized carbons (Fsp3) is 0.158. The second kappa shape index (κ2) is 9.43. The molecule has 0 aliphatic rings. The molecule has 1 amide bonds. The van der Waals surface area contributed by atoms with Gasteiger partial charge in [0.2, 0.25) is 5.91 Å². The zero-order valence-electron chi connectivity index (χ0n) is 14.7. The highest BCUT2D eigenvalue weighted by molar-refractivity contribution is 7.80. The summed E-state index contributed by atoms with van der Waals surface area (Å²) in [5.41, 5.74) is 1.52. The van der Waals surface area contributed by atoms with Gasteiger partial charge < -0.3 is 19.5 Å². The second-order valence-corrected chi connectivity index (χ2v) is 5.53. The maximum atomic E-state index is 12.0. The predicted octanol–water partition coefficient (Wildman–Crippen LogP) is 3.24. The highest BCUT2D eigenvalue weighted by Crippen LogP contribution is 2.27. The molecule has 0 fully saturated rings. The van der Waals surface area contributed by atoms with Crippen molar-refractivity contribution in [1.29, 1.82) is 0 Å². The second-order valence-electron chi connectivity index (χ2n) is 5.12. The van der Waals surface area contributed by atoms with E-state index in [4.69, 9.17) is 26.4 Å². The van der Waals surface area contributed by atoms with Gasteiger partial charge in [-0.1, -0.05) is 12.1 Å². The highest BCUT2D eigenvalue weighted by Gasteiger charge is 2.05. The van der Waals surface area contributed by atoms with E-state index in [0.717, 1.165) is 11.3 Å². The van der Waals surface area contributed by atoms with Crippen LogP contribution in [0.4, 0.5) is 5.69 Å². The van der Waals surface area contributed by atoms with Crippen LogP contribution in [0.1, 0.15) is 5.56 Å². The first-order valence-corrected chi connectivity index (χ1v) is 8.12. The molecule has 0 unspecified atom stereocenters. The van der Waals surface area contributed by atoms with Crippen LogP contribution in [0.25, 0.3) is 6.08 Å². The Hall–Kier alpha value is -3.06. The van der Waals surface area contributed by atoms with Crippen LogP contribution in [0.2, 0.25) is 0 Å². The zero-order valence-corrected chi connectivity index (χ0v) is 15.6. The van der Waals surface area contributed by atoms with Gasteiger partial charge in [0.25, 0.3) is 0 Å². The van der Waals surface area contributed by atoms with E-state index in [-0.39, 0.29) is 11.0 Å². The van der Waals surface area contributed by atoms with Crippen molar-refractivity contribution in [2.45, 2.75) is 0 Å². The Morgan fingerprint density at radius 1 is 1.00 bits per heavy atom. The fourth-order valence-corrected chi connectivity index (χ4v) is 2.36. The van der Waals surface area contributed by atoms with Crippen LogP contribution >= 0.6 is 12.2 Å². The summed E-state index contributed by atoms with van der Waals surface area (Å²) in [7, 11) is 4.70. The normalized spacial score (nSPS) is 10.3. The lowest BCUT2D eigenvalue weighted by molar-refractivity contribution is -0.115. The molecule has 0 heterocycles. The first kappa shape index (κ1) is 19.3. The van der Waals surface area contributed by atoms with E-state index in [1.165, 1.54) is 6.08 Å². The van der Waals surface area contributed by atoms with Gasteiger partial charge in [-0.15, -0.1) is 0 Å². The van der Waals surface area contributed by atoms with Gasteiger partial charge in [0.05, 0.1) is 21.3 Å². The molecule has 0 atom stereocenters. The Morgan fingerprint density at radius 3 is 2.46 bits per heavy atom. The van der Waals surface area contributed by atoms with Gasteiger partial charge in [0, 0.05) is 17.8 Å². The predicted molar refractivity (Wildman–Crippen MR) is 106 cm³/mol. The molecule has 136 valence electrons. The molecule has 26 heavy (non-hydrogen) atoms. The van der Waals surface area contributed by atoms with E-state index in [1.54, 1.807) is 45.6 Å². The molecular formula is C19H20N2O4S. The van der Waals surface area contributed by atoms with Crippen LogP contribution in [-0.2, 0) is 4.79 Å². The number of hydrogen-bond donors (Lipinski definition) is 2. The zero-order chi connectivity index (χ0) is 18.9. The van der Waals surface area contributed by atoms with E-state index in [2.05, 4.69) is 10.6 Å². The van der Waals surface area contributed by atoms with Crippen LogP contribution < -0.4 is 24.8 Å². The number of carbonyl (C=O) groups excluding carboxylic acids is 1. The number of anilines is 1. The van der Waals surface area contributed by atoms with Crippen molar-refractivity contribution in [2.75, 3.05) is 26.6 Å². The summed E-state index contributed by atoms with van der Waals surface area (Å²) in [5.74, 6) is 1.56. The van der Waals surface area contributed by atoms with E-state index in [0.29, 0.717) is 17.2 Å². The summed E-state index contributed by atoms with van der Waals surface area (Å²) in [6, 6.07) is 12.6. The molecule has 2 aromatic carbocycles. The number of rotatable bonds is 6. The van der Waals surface area contributed by atoms with E-state index in [9.17, 15) is 4.79 Å². The molecule has 6 nitrogen and oxygen atoms in total. The number of nitrogens with one attached hydrogen (secondary N) is 2. The first-order valence-electron chi connectivity index (χ1n) is 7.72. The molecular weight excluding hydrogens is 352 g/mol. The van der Waals surface area contributed by atoms with E-state index < -0.39 is 0 Å². The molecule has 0 radical (unpaired) electrons. The Bertz CT molecular complexity index is 821. The molecule has 2 rings (SSSR count). The van der Waals surface area contributed by atoms with Crippen molar-refractivity contribution in [1.82, 2.24) is 5.32 Å². The number of thiocarbonyl (C=S) groups is 1. The van der Waals surface area contributed by atoms with E-state index >= 15 is 0 Å². The third-order valence-corrected chi connectivity index (χ3v) is 3.60. The number of methoxy groups -OCH3 is 3. The smallest absolute Gasteiger partial charge is 0.250 e. The van der Waals surface area contributed by atoms with Crippen LogP contribution in [-0.4, -0.2) is 32.3 Å². The summed E-state index contributed by atoms with van der Waals surface area (Å²) in [6.07, 6.45) is 3.05. The van der Waals surface area contributed by atoms with Gasteiger partial charge >= 0.3 is 0 Å². The van der Waals surface area contributed by atoms with Crippen molar-refractivity contribution < 1.29 is 19.0 Å². The average molecular weight is 372 g/mol. The Morgan fingerprint density at radius 2 is 1.77 bits per heavy atom. The van der Waals surface area contributed by atoms with Crippen molar-refractivity contribution in [3.8, 4) is 17.2 Å². The molecule has 0 spiro atoms. The summed E-state index contributed by atoms with van der Waals surface area (Å²) in [4.78, 5) is 12.0. The molecule has 0 aliphatic carbocycles. The number of hydrogen-bond acceptors (Lipinski definition) is 5. The van der Waals surface area contributed by atoms with Gasteiger partial charge in [0.1, 0.15) is 5.75 Å². The average Bonchev–Trinajstić information content (AvgIpc) is 2.66. The minimum Gasteiger partial charge on any atom is -0.497 e. The largest absolute Gasteiger partial charge is 0.497 e. The number of ether oxygens (including phenoxy) is 3. The molecule has 2 N–H and O–H groups in total. The Labute approximate surface area is 157 Å². The molecule has 0 bridgehead atoms. The molecule has 2 aromatic rings. The lowest BCUT2D eigenvalue weighted by Crippen LogP contribution is -2.32. The lowest BCUT2D eigenvalue weighted by atomic mass is 10.2. The maximum absolute atomic E-state index is 12.0. The summed E-state index contributed by atoms with van der Waals surface area (Å²) in [5, 5.41) is 5.71. The Balaban J connectivity index is 1.95. The third kappa shape index (κ3) is 5.49. The summed E-state index contributed by atoms with van der Waals surface area (Å²) >= 11 is 5.14. The third-order valence-electron chi connectivity index (χ3n) is 3.40. The van der Waals surface area contributed by atoms with Crippen molar-refractivity contribution in [3.05, 3.63) is 54.1 Å². The van der Waals surface area contributed by atoms with Crippen molar-refractivity contribution >= 4 is 35.0 Å². The van der Waals surface area contributed by atoms with Gasteiger partial charge in [-0.05, 0) is 48.1 Å². The van der Waals surface area contributed by atoms with Crippen LogP contribution in [0.3, 0.4) is 0 Å². The van der Waals surface area contributed by atoms with Crippen molar-refractivity contribution in [3.63, 3.8) is 0 Å². The quantitative estimate of drug-likeness (QED) is 0.599.